The van der Waals surface area contributed by atoms with Gasteiger partial charge >= 0.3 is 0 Å². The van der Waals surface area contributed by atoms with E-state index in [0.717, 1.165) is 49.7 Å². The first kappa shape index (κ1) is 25.9. The molecule has 2 aromatic rings. The Morgan fingerprint density at radius 1 is 1.08 bits per heavy atom. The van der Waals surface area contributed by atoms with E-state index in [1.54, 1.807) is 17.9 Å². The number of nitrogens with one attached hydrogen (secondary N) is 2. The van der Waals surface area contributed by atoms with Gasteiger partial charge in [-0.3, -0.25) is 14.4 Å². The SMILES string of the molecule is Cc1cc(NC(=O)CCC(=O)N(C[C@H]2CCCO2)[C@H](C(=O)NC2CCCC2)c2ccccc2C)no1. The van der Waals surface area contributed by atoms with Gasteiger partial charge in [-0.05, 0) is 50.7 Å². The predicted molar refractivity (Wildman–Crippen MR) is 134 cm³/mol. The van der Waals surface area contributed by atoms with Crippen molar-refractivity contribution in [1.29, 1.82) is 0 Å². The number of carbonyl (C=O) groups excluding carboxylic acids is 3. The predicted octanol–water partition coefficient (Wildman–Crippen LogP) is 3.82. The van der Waals surface area contributed by atoms with E-state index in [0.29, 0.717) is 24.7 Å². The number of amides is 3. The zero-order valence-electron chi connectivity index (χ0n) is 21.1. The summed E-state index contributed by atoms with van der Waals surface area (Å²) in [7, 11) is 0. The molecule has 0 spiro atoms. The van der Waals surface area contributed by atoms with Crippen molar-refractivity contribution >= 4 is 23.5 Å². The first-order valence-corrected chi connectivity index (χ1v) is 12.9. The molecule has 2 aliphatic rings. The number of nitrogens with zero attached hydrogens (tertiary/aromatic N) is 2. The summed E-state index contributed by atoms with van der Waals surface area (Å²) in [5.74, 6) is 0.127. The molecule has 1 aromatic heterocycles. The lowest BCUT2D eigenvalue weighted by molar-refractivity contribution is -0.143. The lowest BCUT2D eigenvalue weighted by Crippen LogP contribution is -2.48. The van der Waals surface area contributed by atoms with Gasteiger partial charge < -0.3 is 24.8 Å². The quantitative estimate of drug-likeness (QED) is 0.517. The normalized spacial score (nSPS) is 18.7. The Morgan fingerprint density at radius 3 is 2.53 bits per heavy atom. The van der Waals surface area contributed by atoms with Gasteiger partial charge in [0.2, 0.25) is 17.7 Å². The minimum Gasteiger partial charge on any atom is -0.376 e. The maximum Gasteiger partial charge on any atom is 0.247 e. The van der Waals surface area contributed by atoms with Crippen LogP contribution in [-0.4, -0.2) is 53.1 Å². The van der Waals surface area contributed by atoms with Gasteiger partial charge in [-0.1, -0.05) is 42.3 Å². The van der Waals surface area contributed by atoms with E-state index in [9.17, 15) is 14.4 Å². The van der Waals surface area contributed by atoms with Crippen LogP contribution in [0.25, 0.3) is 0 Å². The molecule has 4 rings (SSSR count). The third-order valence-corrected chi connectivity index (χ3v) is 6.95. The van der Waals surface area contributed by atoms with E-state index in [-0.39, 0.29) is 42.7 Å². The summed E-state index contributed by atoms with van der Waals surface area (Å²) >= 11 is 0. The minimum atomic E-state index is -0.787. The summed E-state index contributed by atoms with van der Waals surface area (Å²) in [5, 5.41) is 9.61. The van der Waals surface area contributed by atoms with Crippen LogP contribution in [0.5, 0.6) is 0 Å². The van der Waals surface area contributed by atoms with Crippen LogP contribution < -0.4 is 10.6 Å². The lowest BCUT2D eigenvalue weighted by atomic mass is 9.97. The summed E-state index contributed by atoms with van der Waals surface area (Å²) in [5.41, 5.74) is 1.73. The molecule has 3 amide bonds. The van der Waals surface area contributed by atoms with Crippen molar-refractivity contribution in [1.82, 2.24) is 15.4 Å². The van der Waals surface area contributed by atoms with Gasteiger partial charge in [-0.15, -0.1) is 0 Å². The molecular weight excluding hydrogens is 460 g/mol. The number of hydrogen-bond donors (Lipinski definition) is 2. The maximum atomic E-state index is 13.7. The Bertz CT molecular complexity index is 1060. The van der Waals surface area contributed by atoms with E-state index < -0.39 is 6.04 Å². The fourth-order valence-electron chi connectivity index (χ4n) is 5.05. The van der Waals surface area contributed by atoms with Crippen LogP contribution in [0.4, 0.5) is 5.82 Å². The van der Waals surface area contributed by atoms with Gasteiger partial charge in [0.1, 0.15) is 11.8 Å². The summed E-state index contributed by atoms with van der Waals surface area (Å²) < 4.78 is 10.8. The number of rotatable bonds is 10. The number of ether oxygens (including phenoxy) is 1. The molecule has 1 aliphatic carbocycles. The summed E-state index contributed by atoms with van der Waals surface area (Å²) in [6.07, 6.45) is 5.66. The van der Waals surface area contributed by atoms with E-state index in [1.807, 2.05) is 31.2 Å². The van der Waals surface area contributed by atoms with E-state index in [1.165, 1.54) is 0 Å². The summed E-state index contributed by atoms with van der Waals surface area (Å²) in [6, 6.07) is 8.62. The standard InChI is InChI=1S/C27H36N4O5/c1-18-8-3-6-12-22(18)26(27(34)28-20-9-4-5-10-20)31(17-21-11-7-15-35-21)25(33)14-13-24(32)29-23-16-19(2)36-30-23/h3,6,8,12,16,20-21,26H,4-5,7,9-11,13-15,17H2,1-2H3,(H,28,34)(H,29,30,32)/t21-,26+/m1/s1. The molecule has 1 aromatic carbocycles. The Kier molecular flexibility index (Phi) is 8.74. The average Bonchev–Trinajstić information content (AvgIpc) is 3.63. The Balaban J connectivity index is 1.54. The molecule has 2 atom stereocenters. The van der Waals surface area contributed by atoms with Crippen LogP contribution in [-0.2, 0) is 19.1 Å². The van der Waals surface area contributed by atoms with Crippen molar-refractivity contribution in [2.75, 3.05) is 18.5 Å². The molecule has 0 radical (unpaired) electrons. The van der Waals surface area contributed by atoms with Crippen LogP contribution in [0.15, 0.2) is 34.9 Å². The summed E-state index contributed by atoms with van der Waals surface area (Å²) in [4.78, 5) is 41.5. The second kappa shape index (κ2) is 12.2. The number of carbonyl (C=O) groups is 3. The average molecular weight is 497 g/mol. The largest absolute Gasteiger partial charge is 0.376 e. The molecule has 1 saturated carbocycles. The maximum absolute atomic E-state index is 13.7. The Morgan fingerprint density at radius 2 is 1.86 bits per heavy atom. The second-order valence-electron chi connectivity index (χ2n) is 9.80. The van der Waals surface area contributed by atoms with Crippen LogP contribution in [0.3, 0.4) is 0 Å². The lowest BCUT2D eigenvalue weighted by Gasteiger charge is -2.34. The van der Waals surface area contributed by atoms with E-state index in [2.05, 4.69) is 15.8 Å². The molecule has 1 aliphatic heterocycles. The van der Waals surface area contributed by atoms with Crippen LogP contribution in [0.1, 0.15) is 74.3 Å². The number of benzene rings is 1. The van der Waals surface area contributed by atoms with Crippen molar-refractivity contribution in [2.45, 2.75) is 83.4 Å². The van der Waals surface area contributed by atoms with Gasteiger partial charge in [0.25, 0.3) is 0 Å². The van der Waals surface area contributed by atoms with Gasteiger partial charge in [0.05, 0.1) is 6.10 Å². The highest BCUT2D eigenvalue weighted by molar-refractivity contribution is 5.94. The fourth-order valence-corrected chi connectivity index (χ4v) is 5.05. The minimum absolute atomic E-state index is 0.0303. The van der Waals surface area contributed by atoms with Crippen molar-refractivity contribution in [3.05, 3.63) is 47.2 Å². The third kappa shape index (κ3) is 6.72. The first-order valence-electron chi connectivity index (χ1n) is 12.9. The molecule has 1 saturated heterocycles. The van der Waals surface area contributed by atoms with Crippen LogP contribution in [0.2, 0.25) is 0 Å². The first-order chi connectivity index (χ1) is 17.4. The van der Waals surface area contributed by atoms with Crippen molar-refractivity contribution in [3.8, 4) is 0 Å². The number of aryl methyl sites for hydroxylation is 2. The number of anilines is 1. The van der Waals surface area contributed by atoms with E-state index >= 15 is 0 Å². The smallest absolute Gasteiger partial charge is 0.247 e. The second-order valence-corrected chi connectivity index (χ2v) is 9.80. The molecule has 36 heavy (non-hydrogen) atoms. The molecule has 0 unspecified atom stereocenters. The van der Waals surface area contributed by atoms with Gasteiger partial charge in [-0.2, -0.15) is 0 Å². The highest BCUT2D eigenvalue weighted by atomic mass is 16.5. The zero-order valence-corrected chi connectivity index (χ0v) is 21.1. The Labute approximate surface area is 211 Å². The molecule has 0 bridgehead atoms. The fraction of sp³-hybridized carbons (Fsp3) is 0.556. The monoisotopic (exact) mass is 496 g/mol. The highest BCUT2D eigenvalue weighted by Gasteiger charge is 2.36. The van der Waals surface area contributed by atoms with E-state index in [4.69, 9.17) is 9.26 Å². The summed E-state index contributed by atoms with van der Waals surface area (Å²) in [6.45, 7) is 4.64. The molecular formula is C27H36N4O5. The number of aromatic nitrogens is 1. The van der Waals surface area contributed by atoms with Crippen molar-refractivity contribution in [3.63, 3.8) is 0 Å². The molecule has 9 nitrogen and oxygen atoms in total. The molecule has 2 N–H and O–H groups in total. The molecule has 2 fully saturated rings. The van der Waals surface area contributed by atoms with Gasteiger partial charge in [0.15, 0.2) is 5.82 Å². The van der Waals surface area contributed by atoms with Gasteiger partial charge in [-0.25, -0.2) is 0 Å². The topological polar surface area (TPSA) is 114 Å². The Hall–Kier alpha value is -3.20. The van der Waals surface area contributed by atoms with Crippen molar-refractivity contribution in [2.24, 2.45) is 0 Å². The molecule has 194 valence electrons. The third-order valence-electron chi connectivity index (χ3n) is 6.95. The molecule has 2 heterocycles. The highest BCUT2D eigenvalue weighted by Crippen LogP contribution is 2.29. The zero-order chi connectivity index (χ0) is 25.5. The molecule has 9 heteroatoms. The number of hydrogen-bond acceptors (Lipinski definition) is 6. The van der Waals surface area contributed by atoms with Crippen LogP contribution >= 0.6 is 0 Å². The van der Waals surface area contributed by atoms with Crippen LogP contribution in [0, 0.1) is 13.8 Å². The van der Waals surface area contributed by atoms with Gasteiger partial charge in [0, 0.05) is 38.1 Å². The van der Waals surface area contributed by atoms with Crippen molar-refractivity contribution < 1.29 is 23.6 Å².